The van der Waals surface area contributed by atoms with Crippen LogP contribution in [0.2, 0.25) is 0 Å². The van der Waals surface area contributed by atoms with Gasteiger partial charge in [-0.3, -0.25) is 4.79 Å². The number of carbonyl (C=O) groups excluding carboxylic acids is 1. The lowest BCUT2D eigenvalue weighted by molar-refractivity contribution is -0.117. The molecule has 0 unspecified atom stereocenters. The number of carbonyl (C=O) groups is 1. The van der Waals surface area contributed by atoms with E-state index >= 15 is 0 Å². The van der Waals surface area contributed by atoms with Gasteiger partial charge in [-0.2, -0.15) is 5.26 Å². The van der Waals surface area contributed by atoms with Gasteiger partial charge in [0.2, 0.25) is 0 Å². The summed E-state index contributed by atoms with van der Waals surface area (Å²) < 4.78 is 6.39. The Hall–Kier alpha value is -2.58. The van der Waals surface area contributed by atoms with E-state index in [0.717, 1.165) is 10.0 Å². The zero-order valence-electron chi connectivity index (χ0n) is 13.3. The Bertz CT molecular complexity index is 780. The van der Waals surface area contributed by atoms with Crippen LogP contribution in [-0.4, -0.2) is 12.5 Å². The third-order valence-corrected chi connectivity index (χ3v) is 3.73. The summed E-state index contributed by atoms with van der Waals surface area (Å²) in [5, 5.41) is 12.1. The van der Waals surface area contributed by atoms with Gasteiger partial charge in [0.05, 0.1) is 6.61 Å². The summed E-state index contributed by atoms with van der Waals surface area (Å²) in [5.74, 6) is 0.216. The normalized spacial score (nSPS) is 10.8. The summed E-state index contributed by atoms with van der Waals surface area (Å²) in [6, 6.07) is 17.0. The molecule has 1 amide bonds. The first-order valence-corrected chi connectivity index (χ1v) is 8.29. The van der Waals surface area contributed by atoms with Crippen LogP contribution >= 0.6 is 15.9 Å². The summed E-state index contributed by atoms with van der Waals surface area (Å²) in [6.45, 7) is 2.76. The summed E-state index contributed by atoms with van der Waals surface area (Å²) in [7, 11) is 0. The molecule has 122 valence electrons. The second-order valence-electron chi connectivity index (χ2n) is 4.95. The van der Waals surface area contributed by atoms with Crippen LogP contribution in [0.3, 0.4) is 0 Å². The maximum absolute atomic E-state index is 12.3. The van der Waals surface area contributed by atoms with Crippen molar-refractivity contribution in [1.82, 2.24) is 5.32 Å². The van der Waals surface area contributed by atoms with Crippen molar-refractivity contribution >= 4 is 27.9 Å². The molecule has 0 heterocycles. The summed E-state index contributed by atoms with van der Waals surface area (Å²) in [6.07, 6.45) is 1.54. The van der Waals surface area contributed by atoms with Crippen molar-refractivity contribution < 1.29 is 9.53 Å². The van der Waals surface area contributed by atoms with Gasteiger partial charge in [-0.1, -0.05) is 46.3 Å². The fourth-order valence-corrected chi connectivity index (χ4v) is 2.48. The third kappa shape index (κ3) is 4.97. The van der Waals surface area contributed by atoms with Crippen LogP contribution in [-0.2, 0) is 11.3 Å². The van der Waals surface area contributed by atoms with E-state index in [4.69, 9.17) is 4.74 Å². The van der Waals surface area contributed by atoms with Crippen LogP contribution in [0, 0.1) is 11.3 Å². The van der Waals surface area contributed by atoms with E-state index in [1.165, 1.54) is 6.08 Å². The largest absolute Gasteiger partial charge is 0.493 e. The van der Waals surface area contributed by atoms with Crippen LogP contribution in [0.4, 0.5) is 0 Å². The van der Waals surface area contributed by atoms with Gasteiger partial charge < -0.3 is 10.1 Å². The molecule has 0 saturated carbocycles. The van der Waals surface area contributed by atoms with Gasteiger partial charge in [0.25, 0.3) is 5.91 Å². The monoisotopic (exact) mass is 384 g/mol. The molecule has 2 aromatic carbocycles. The zero-order valence-corrected chi connectivity index (χ0v) is 14.8. The van der Waals surface area contributed by atoms with Crippen molar-refractivity contribution in [2.24, 2.45) is 0 Å². The fourth-order valence-electron chi connectivity index (χ4n) is 2.10. The molecule has 0 spiro atoms. The molecule has 24 heavy (non-hydrogen) atoms. The number of benzene rings is 2. The average molecular weight is 385 g/mol. The minimum absolute atomic E-state index is 0.0324. The molecule has 4 nitrogen and oxygen atoms in total. The number of nitrogens with zero attached hydrogens (tertiary/aromatic N) is 1. The minimum atomic E-state index is -0.413. The molecule has 0 atom stereocenters. The smallest absolute Gasteiger partial charge is 0.262 e. The molecule has 0 aromatic heterocycles. The van der Waals surface area contributed by atoms with E-state index in [2.05, 4.69) is 21.2 Å². The summed E-state index contributed by atoms with van der Waals surface area (Å²) >= 11 is 3.39. The summed E-state index contributed by atoms with van der Waals surface area (Å²) in [4.78, 5) is 12.3. The third-order valence-electron chi connectivity index (χ3n) is 3.23. The molecule has 0 saturated heterocycles. The number of rotatable bonds is 6. The SMILES string of the molecule is CCOc1ccc(Br)cc1/C=C(/C#N)C(=O)NCc1ccccc1. The lowest BCUT2D eigenvalue weighted by atomic mass is 10.1. The molecular weight excluding hydrogens is 368 g/mol. The second kappa shape index (κ2) is 8.90. The summed E-state index contributed by atoms with van der Waals surface area (Å²) in [5.41, 5.74) is 1.68. The van der Waals surface area contributed by atoms with Crippen LogP contribution < -0.4 is 10.1 Å². The van der Waals surface area contributed by atoms with Gasteiger partial charge in [0.1, 0.15) is 17.4 Å². The van der Waals surface area contributed by atoms with Crippen molar-refractivity contribution in [1.29, 1.82) is 5.26 Å². The quantitative estimate of drug-likeness (QED) is 0.602. The first-order chi connectivity index (χ1) is 11.6. The van der Waals surface area contributed by atoms with E-state index in [0.29, 0.717) is 24.5 Å². The topological polar surface area (TPSA) is 62.1 Å². The molecule has 0 aliphatic rings. The predicted octanol–water partition coefficient (Wildman–Crippen LogP) is 4.07. The van der Waals surface area contributed by atoms with E-state index in [9.17, 15) is 10.1 Å². The van der Waals surface area contributed by atoms with E-state index in [-0.39, 0.29) is 5.57 Å². The lowest BCUT2D eigenvalue weighted by Crippen LogP contribution is -2.23. The number of nitrogens with one attached hydrogen (secondary N) is 1. The number of amides is 1. The van der Waals surface area contributed by atoms with E-state index < -0.39 is 5.91 Å². The molecule has 1 N–H and O–H groups in total. The van der Waals surface area contributed by atoms with Crippen molar-refractivity contribution in [3.63, 3.8) is 0 Å². The van der Waals surface area contributed by atoms with Gasteiger partial charge in [-0.15, -0.1) is 0 Å². The molecule has 5 heteroatoms. The number of nitriles is 1. The van der Waals surface area contributed by atoms with Crippen LogP contribution in [0.25, 0.3) is 6.08 Å². The lowest BCUT2D eigenvalue weighted by Gasteiger charge is -2.09. The fraction of sp³-hybridized carbons (Fsp3) is 0.158. The molecule has 2 aromatic rings. The Morgan fingerprint density at radius 1 is 1.29 bits per heavy atom. The van der Waals surface area contributed by atoms with Gasteiger partial charge >= 0.3 is 0 Å². The van der Waals surface area contributed by atoms with E-state index in [1.807, 2.05) is 55.5 Å². The Kier molecular flexibility index (Phi) is 6.59. The minimum Gasteiger partial charge on any atom is -0.493 e. The number of ether oxygens (including phenoxy) is 1. The number of halogens is 1. The average Bonchev–Trinajstić information content (AvgIpc) is 2.60. The van der Waals surface area contributed by atoms with Crippen LogP contribution in [0.1, 0.15) is 18.1 Å². The van der Waals surface area contributed by atoms with Crippen molar-refractivity contribution in [3.05, 3.63) is 69.7 Å². The van der Waals surface area contributed by atoms with Gasteiger partial charge in [0, 0.05) is 16.6 Å². The van der Waals surface area contributed by atoms with Gasteiger partial charge in [-0.25, -0.2) is 0 Å². The van der Waals surface area contributed by atoms with Crippen LogP contribution in [0.5, 0.6) is 5.75 Å². The standard InChI is InChI=1S/C19H17BrN2O2/c1-2-24-18-9-8-17(20)11-15(18)10-16(12-21)19(23)22-13-14-6-4-3-5-7-14/h3-11H,2,13H2,1H3,(H,22,23)/b16-10-. The first-order valence-electron chi connectivity index (χ1n) is 7.50. The highest BCUT2D eigenvalue weighted by molar-refractivity contribution is 9.10. The molecule has 2 rings (SSSR count). The second-order valence-corrected chi connectivity index (χ2v) is 5.87. The predicted molar refractivity (Wildman–Crippen MR) is 97.2 cm³/mol. The molecule has 0 aliphatic heterocycles. The zero-order chi connectivity index (χ0) is 17.4. The van der Waals surface area contributed by atoms with Crippen molar-refractivity contribution in [2.75, 3.05) is 6.61 Å². The Morgan fingerprint density at radius 2 is 2.04 bits per heavy atom. The maximum atomic E-state index is 12.3. The number of hydrogen-bond acceptors (Lipinski definition) is 3. The van der Waals surface area contributed by atoms with Gasteiger partial charge in [0.15, 0.2) is 0 Å². The Balaban J connectivity index is 2.18. The highest BCUT2D eigenvalue weighted by atomic mass is 79.9. The maximum Gasteiger partial charge on any atom is 0.262 e. The van der Waals surface area contributed by atoms with Crippen LogP contribution in [0.15, 0.2) is 58.6 Å². The highest BCUT2D eigenvalue weighted by Gasteiger charge is 2.11. The van der Waals surface area contributed by atoms with Crippen molar-refractivity contribution in [2.45, 2.75) is 13.5 Å². The molecular formula is C19H17BrN2O2. The van der Waals surface area contributed by atoms with Crippen molar-refractivity contribution in [3.8, 4) is 11.8 Å². The first kappa shape index (κ1) is 17.8. The molecule has 0 aliphatic carbocycles. The Morgan fingerprint density at radius 3 is 2.71 bits per heavy atom. The molecule has 0 radical (unpaired) electrons. The molecule has 0 fully saturated rings. The Labute approximate surface area is 149 Å². The van der Waals surface area contributed by atoms with E-state index in [1.54, 1.807) is 6.07 Å². The highest BCUT2D eigenvalue weighted by Crippen LogP contribution is 2.25. The molecule has 0 bridgehead atoms. The number of hydrogen-bond donors (Lipinski definition) is 1. The van der Waals surface area contributed by atoms with Gasteiger partial charge in [-0.05, 0) is 36.8 Å².